The lowest BCUT2D eigenvalue weighted by atomic mass is 9.96. The summed E-state index contributed by atoms with van der Waals surface area (Å²) in [6, 6.07) is 3.01. The molecule has 0 radical (unpaired) electrons. The molecule has 2 N–H and O–H groups in total. The summed E-state index contributed by atoms with van der Waals surface area (Å²) in [7, 11) is -3.02. The number of nitrogens with one attached hydrogen (secondary N) is 2. The van der Waals surface area contributed by atoms with Crippen molar-refractivity contribution in [3.63, 3.8) is 0 Å². The Morgan fingerprint density at radius 3 is 2.68 bits per heavy atom. The highest BCUT2D eigenvalue weighted by Crippen LogP contribution is 2.27. The van der Waals surface area contributed by atoms with E-state index in [1.165, 1.54) is 12.3 Å². The molecule has 0 saturated carbocycles. The van der Waals surface area contributed by atoms with Crippen LogP contribution in [0.15, 0.2) is 23.1 Å². The number of hydrogen-bond donors (Lipinski definition) is 2. The van der Waals surface area contributed by atoms with Crippen molar-refractivity contribution in [1.29, 1.82) is 0 Å². The minimum Gasteiger partial charge on any atom is -0.373 e. The van der Waals surface area contributed by atoms with Gasteiger partial charge in [0.05, 0.1) is 17.1 Å². The lowest BCUT2D eigenvalue weighted by Crippen LogP contribution is -2.50. The molecule has 0 spiro atoms. The highest BCUT2D eigenvalue weighted by atomic mass is 32.2. The zero-order valence-electron chi connectivity index (χ0n) is 12.4. The van der Waals surface area contributed by atoms with Gasteiger partial charge in [-0.3, -0.25) is 9.59 Å². The van der Waals surface area contributed by atoms with Crippen molar-refractivity contribution in [1.82, 2.24) is 10.3 Å². The van der Waals surface area contributed by atoms with E-state index in [0.717, 1.165) is 0 Å². The molecule has 1 aromatic rings. The van der Waals surface area contributed by atoms with Crippen LogP contribution >= 0.6 is 0 Å². The number of aromatic amines is 1. The van der Waals surface area contributed by atoms with Crippen LogP contribution in [0.4, 0.5) is 0 Å². The van der Waals surface area contributed by atoms with Crippen molar-refractivity contribution < 1.29 is 17.9 Å². The fraction of sp³-hybridized carbons (Fsp3) is 0.571. The minimum absolute atomic E-state index is 0.0255. The van der Waals surface area contributed by atoms with E-state index < -0.39 is 26.9 Å². The standard InChI is InChI=1S/C14H20N2O5S/c1-2-21-14(5-8-22(19,20)9-6-14)10-16-13(18)11-4-3-7-15-12(11)17/h3-4,7H,2,5-6,8-10H2,1H3,(H,15,17)(H,16,18). The number of aromatic nitrogens is 1. The molecule has 8 heteroatoms. The molecule has 7 nitrogen and oxygen atoms in total. The van der Waals surface area contributed by atoms with Crippen molar-refractivity contribution in [2.75, 3.05) is 24.7 Å². The molecule has 122 valence electrons. The van der Waals surface area contributed by atoms with E-state index in [9.17, 15) is 18.0 Å². The highest BCUT2D eigenvalue weighted by molar-refractivity contribution is 7.91. The van der Waals surface area contributed by atoms with Crippen molar-refractivity contribution in [3.05, 3.63) is 34.2 Å². The van der Waals surface area contributed by atoms with Crippen LogP contribution in [0.5, 0.6) is 0 Å². The highest BCUT2D eigenvalue weighted by Gasteiger charge is 2.38. The van der Waals surface area contributed by atoms with Gasteiger partial charge in [-0.2, -0.15) is 0 Å². The molecular formula is C14H20N2O5S. The molecular weight excluding hydrogens is 308 g/mol. The van der Waals surface area contributed by atoms with Crippen molar-refractivity contribution in [2.45, 2.75) is 25.4 Å². The molecule has 22 heavy (non-hydrogen) atoms. The largest absolute Gasteiger partial charge is 0.373 e. The predicted octanol–water partition coefficient (Wildman–Crippen LogP) is 0.0886. The van der Waals surface area contributed by atoms with E-state index in [2.05, 4.69) is 10.3 Å². The van der Waals surface area contributed by atoms with Crippen LogP contribution in [0.3, 0.4) is 0 Å². The van der Waals surface area contributed by atoms with E-state index in [1.54, 1.807) is 6.07 Å². The number of H-pyrrole nitrogens is 1. The fourth-order valence-electron chi connectivity index (χ4n) is 2.53. The minimum atomic E-state index is -3.02. The number of hydrogen-bond acceptors (Lipinski definition) is 5. The number of amides is 1. The molecule has 0 bridgehead atoms. The molecule has 2 heterocycles. The summed E-state index contributed by atoms with van der Waals surface area (Å²) in [5, 5.41) is 2.68. The monoisotopic (exact) mass is 328 g/mol. The molecule has 0 unspecified atom stereocenters. The topological polar surface area (TPSA) is 105 Å². The molecule has 1 fully saturated rings. The summed E-state index contributed by atoms with van der Waals surface area (Å²) < 4.78 is 28.8. The molecule has 2 rings (SSSR count). The fourth-order valence-corrected chi connectivity index (χ4v) is 4.10. The molecule has 0 atom stereocenters. The molecule has 1 amide bonds. The number of pyridine rings is 1. The first-order valence-electron chi connectivity index (χ1n) is 7.18. The van der Waals surface area contributed by atoms with Crippen molar-refractivity contribution in [3.8, 4) is 0 Å². The Hall–Kier alpha value is -1.67. The quantitative estimate of drug-likeness (QED) is 0.797. The smallest absolute Gasteiger partial charge is 0.260 e. The van der Waals surface area contributed by atoms with E-state index in [4.69, 9.17) is 4.74 Å². The van der Waals surface area contributed by atoms with E-state index >= 15 is 0 Å². The van der Waals surface area contributed by atoms with Gasteiger partial charge in [-0.15, -0.1) is 0 Å². The van der Waals surface area contributed by atoms with Crippen molar-refractivity contribution in [2.24, 2.45) is 0 Å². The zero-order valence-corrected chi connectivity index (χ0v) is 13.2. The van der Waals surface area contributed by atoms with Crippen LogP contribution in [0, 0.1) is 0 Å². The predicted molar refractivity (Wildman–Crippen MR) is 81.6 cm³/mol. The van der Waals surface area contributed by atoms with Gasteiger partial charge in [-0.25, -0.2) is 8.42 Å². The zero-order chi connectivity index (χ0) is 16.2. The lowest BCUT2D eigenvalue weighted by Gasteiger charge is -2.36. The van der Waals surface area contributed by atoms with Crippen LogP contribution in [-0.4, -0.2) is 49.6 Å². The van der Waals surface area contributed by atoms with Gasteiger partial charge in [-0.1, -0.05) is 0 Å². The molecule has 0 aliphatic carbocycles. The first-order chi connectivity index (χ1) is 10.4. The second-order valence-corrected chi connectivity index (χ2v) is 7.67. The molecule has 1 saturated heterocycles. The Morgan fingerprint density at radius 1 is 1.41 bits per heavy atom. The van der Waals surface area contributed by atoms with Crippen LogP contribution in [0.2, 0.25) is 0 Å². The average molecular weight is 328 g/mol. The number of rotatable bonds is 5. The van der Waals surface area contributed by atoms with Gasteiger partial charge >= 0.3 is 0 Å². The summed E-state index contributed by atoms with van der Waals surface area (Å²) in [5.41, 5.74) is -1.12. The average Bonchev–Trinajstić information content (AvgIpc) is 2.49. The van der Waals surface area contributed by atoms with Crippen LogP contribution < -0.4 is 10.9 Å². The third-order valence-corrected chi connectivity index (χ3v) is 5.47. The summed E-state index contributed by atoms with van der Waals surface area (Å²) in [6.45, 7) is 2.44. The first-order valence-corrected chi connectivity index (χ1v) is 9.00. The van der Waals surface area contributed by atoms with Crippen molar-refractivity contribution >= 4 is 15.7 Å². The lowest BCUT2D eigenvalue weighted by molar-refractivity contribution is -0.0437. The van der Waals surface area contributed by atoms with Crippen LogP contribution in [0.1, 0.15) is 30.1 Å². The van der Waals surface area contributed by atoms with Crippen LogP contribution in [-0.2, 0) is 14.6 Å². The Bertz CT molecular complexity index is 681. The third kappa shape index (κ3) is 3.95. The van der Waals surface area contributed by atoms with E-state index in [1.807, 2.05) is 6.92 Å². The molecule has 0 aromatic carbocycles. The summed E-state index contributed by atoms with van der Waals surface area (Å²) >= 11 is 0. The third-order valence-electron chi connectivity index (χ3n) is 3.82. The second kappa shape index (κ2) is 6.62. The van der Waals surface area contributed by atoms with Gasteiger partial charge in [0.1, 0.15) is 5.56 Å². The Labute approximate surface area is 129 Å². The molecule has 1 aliphatic rings. The van der Waals surface area contributed by atoms with Gasteiger partial charge in [0, 0.05) is 19.3 Å². The summed E-state index contributed by atoms with van der Waals surface area (Å²) in [6.07, 6.45) is 2.13. The first kappa shape index (κ1) is 16.7. The maximum Gasteiger partial charge on any atom is 0.260 e. The maximum atomic E-state index is 12.1. The number of carbonyl (C=O) groups excluding carboxylic acids is 1. The van der Waals surface area contributed by atoms with Gasteiger partial charge in [-0.05, 0) is 31.9 Å². The number of sulfone groups is 1. The number of carbonyl (C=O) groups is 1. The van der Waals surface area contributed by atoms with Gasteiger partial charge in [0.25, 0.3) is 11.5 Å². The normalized spacial score (nSPS) is 19.5. The van der Waals surface area contributed by atoms with Gasteiger partial charge in [0.15, 0.2) is 9.84 Å². The van der Waals surface area contributed by atoms with E-state index in [0.29, 0.717) is 19.4 Å². The second-order valence-electron chi connectivity index (χ2n) is 5.36. The number of ether oxygens (including phenoxy) is 1. The summed E-state index contributed by atoms with van der Waals surface area (Å²) in [4.78, 5) is 26.1. The summed E-state index contributed by atoms with van der Waals surface area (Å²) in [5.74, 6) is -0.391. The Balaban J connectivity index is 2.05. The van der Waals surface area contributed by atoms with E-state index in [-0.39, 0.29) is 23.6 Å². The van der Waals surface area contributed by atoms with Gasteiger partial charge < -0.3 is 15.0 Å². The van der Waals surface area contributed by atoms with Gasteiger partial charge in [0.2, 0.25) is 0 Å². The SMILES string of the molecule is CCOC1(CNC(=O)c2ccc[nH]c2=O)CCS(=O)(=O)CC1. The molecule has 1 aliphatic heterocycles. The Morgan fingerprint density at radius 2 is 2.09 bits per heavy atom. The maximum absolute atomic E-state index is 12.1. The molecule has 1 aromatic heterocycles. The Kier molecular flexibility index (Phi) is 5.02. The van der Waals surface area contributed by atoms with Crippen LogP contribution in [0.25, 0.3) is 0 Å².